The van der Waals surface area contributed by atoms with Crippen LogP contribution >= 0.6 is 11.3 Å². The molecule has 1 aliphatic rings. The lowest BCUT2D eigenvalue weighted by molar-refractivity contribution is 0.757. The monoisotopic (exact) mass is 885 g/mol. The van der Waals surface area contributed by atoms with Crippen molar-refractivity contribution in [1.82, 2.24) is 24.5 Å². The number of rotatable bonds is 6. The second-order valence-electron chi connectivity index (χ2n) is 17.1. The van der Waals surface area contributed by atoms with Gasteiger partial charge in [-0.3, -0.25) is 19.9 Å². The lowest BCUT2D eigenvalue weighted by atomic mass is 9.83. The van der Waals surface area contributed by atoms with Crippen LogP contribution in [0.4, 0.5) is 0 Å². The van der Waals surface area contributed by atoms with Gasteiger partial charge in [-0.2, -0.15) is 0 Å². The molecule has 67 heavy (non-hydrogen) atoms. The Morgan fingerprint density at radius 3 is 1.81 bits per heavy atom. The fourth-order valence-electron chi connectivity index (χ4n) is 9.21. The summed E-state index contributed by atoms with van der Waals surface area (Å²) in [5.41, 5.74) is 16.0. The lowest BCUT2D eigenvalue weighted by Gasteiger charge is -2.22. The van der Waals surface area contributed by atoms with E-state index in [4.69, 9.17) is 9.97 Å². The summed E-state index contributed by atoms with van der Waals surface area (Å²) in [6, 6.07) is 58.6. The number of aromatic nitrogens is 5. The molecule has 0 N–H and O–H groups in total. The first-order chi connectivity index (χ1) is 33.0. The number of thiophene rings is 1. The van der Waals surface area contributed by atoms with Gasteiger partial charge in [0.15, 0.2) is 0 Å². The predicted octanol–water partition coefficient (Wildman–Crippen LogP) is 16.7. The smallest absolute Gasteiger partial charge is 0.0708 e. The molecule has 0 saturated heterocycles. The molecule has 12 rings (SSSR count). The van der Waals surface area contributed by atoms with Crippen LogP contribution < -0.4 is 0 Å². The summed E-state index contributed by atoms with van der Waals surface area (Å²) in [4.78, 5) is 17.9. The van der Waals surface area contributed by atoms with Gasteiger partial charge in [-0.15, -0.1) is 11.3 Å². The maximum absolute atomic E-state index is 4.82. The number of hydrogen-bond donors (Lipinski definition) is 0. The van der Waals surface area contributed by atoms with Crippen molar-refractivity contribution in [1.29, 1.82) is 0 Å². The van der Waals surface area contributed by atoms with Gasteiger partial charge in [0.2, 0.25) is 0 Å². The van der Waals surface area contributed by atoms with E-state index in [2.05, 4.69) is 175 Å². The quantitative estimate of drug-likeness (QED) is 0.167. The first-order valence-corrected chi connectivity index (χ1v) is 24.0. The fraction of sp³-hybridized carbons (Fsp3) is 0.115. The topological polar surface area (TPSA) is 56.5 Å². The number of allylic oxidation sites excluding steroid dienone is 4. The average Bonchev–Trinajstić information content (AvgIpc) is 3.92. The van der Waals surface area contributed by atoms with Crippen LogP contribution in [0.2, 0.25) is 0 Å². The molecule has 1 aliphatic carbocycles. The number of benzene rings is 5. The third-order valence-corrected chi connectivity index (χ3v) is 13.4. The Morgan fingerprint density at radius 2 is 1.15 bits per heavy atom. The summed E-state index contributed by atoms with van der Waals surface area (Å²) >= 11 is 1.85. The highest BCUT2D eigenvalue weighted by atomic mass is 32.1. The average molecular weight is 886 g/mol. The first kappa shape index (κ1) is 43.1. The number of pyridine rings is 4. The molecule has 11 aromatic rings. The highest BCUT2D eigenvalue weighted by molar-refractivity contribution is 7.25. The Bertz CT molecular complexity index is 3550. The Kier molecular flexibility index (Phi) is 12.5. The molecule has 0 spiro atoms. The van der Waals surface area contributed by atoms with E-state index < -0.39 is 0 Å². The number of nitrogens with zero attached hydrogens (tertiary/aromatic N) is 5. The van der Waals surface area contributed by atoms with Gasteiger partial charge in [0.25, 0.3) is 0 Å². The zero-order chi connectivity index (χ0) is 45.7. The first-order valence-electron chi connectivity index (χ1n) is 23.1. The SMILES string of the molecule is CC1CC=CC(c2ccc3c(c2)c2cc(-c4ccccc4-c4ccccn4)ccc2n3-c2ccc3sc4ccc(-c5cccnc5)cc4c3c2)=C1c1ccccn1.CCC.Cc1ccccn1. The minimum atomic E-state index is 0.359. The van der Waals surface area contributed by atoms with Crippen LogP contribution in [0, 0.1) is 12.8 Å². The Hall–Kier alpha value is -7.80. The molecule has 6 heterocycles. The van der Waals surface area contributed by atoms with Gasteiger partial charge in [0, 0.05) is 84.4 Å². The van der Waals surface area contributed by atoms with Crippen molar-refractivity contribution in [3.63, 3.8) is 0 Å². The Balaban J connectivity index is 0.000000473. The molecule has 5 nitrogen and oxygen atoms in total. The molecule has 6 heteroatoms. The highest BCUT2D eigenvalue weighted by Gasteiger charge is 2.22. The number of aryl methyl sites for hydroxylation is 1. The van der Waals surface area contributed by atoms with Crippen LogP contribution in [0.5, 0.6) is 0 Å². The number of fused-ring (bicyclic) bond motifs is 6. The van der Waals surface area contributed by atoms with Gasteiger partial charge < -0.3 is 4.57 Å². The van der Waals surface area contributed by atoms with E-state index in [0.717, 1.165) is 51.4 Å². The van der Waals surface area contributed by atoms with Gasteiger partial charge in [0.1, 0.15) is 0 Å². The molecule has 0 saturated carbocycles. The summed E-state index contributed by atoms with van der Waals surface area (Å²) in [7, 11) is 0. The van der Waals surface area contributed by atoms with Crippen molar-refractivity contribution >= 4 is 64.5 Å². The fourth-order valence-corrected chi connectivity index (χ4v) is 10.3. The summed E-state index contributed by atoms with van der Waals surface area (Å²) in [5, 5.41) is 4.95. The van der Waals surface area contributed by atoms with Gasteiger partial charge in [-0.25, -0.2) is 0 Å². The van der Waals surface area contributed by atoms with Crippen molar-refractivity contribution in [3.8, 4) is 39.2 Å². The van der Waals surface area contributed by atoms with Crippen LogP contribution in [0.1, 0.15) is 50.6 Å². The molecule has 326 valence electrons. The summed E-state index contributed by atoms with van der Waals surface area (Å²) in [6.45, 7) is 8.53. The van der Waals surface area contributed by atoms with E-state index in [-0.39, 0.29) is 0 Å². The summed E-state index contributed by atoms with van der Waals surface area (Å²) in [5.74, 6) is 0.359. The predicted molar refractivity (Wildman–Crippen MR) is 284 cm³/mol. The van der Waals surface area contributed by atoms with Gasteiger partial charge in [-0.05, 0) is 150 Å². The van der Waals surface area contributed by atoms with Crippen LogP contribution in [-0.4, -0.2) is 24.5 Å². The van der Waals surface area contributed by atoms with E-state index in [9.17, 15) is 0 Å². The maximum Gasteiger partial charge on any atom is 0.0708 e. The maximum atomic E-state index is 4.82. The van der Waals surface area contributed by atoms with Crippen LogP contribution in [0.15, 0.2) is 207 Å². The van der Waals surface area contributed by atoms with Crippen molar-refractivity contribution in [2.45, 2.75) is 40.5 Å². The largest absolute Gasteiger partial charge is 0.309 e. The summed E-state index contributed by atoms with van der Waals surface area (Å²) in [6.07, 6.45) is 16.2. The van der Waals surface area contributed by atoms with E-state index in [1.807, 2.05) is 79.4 Å². The van der Waals surface area contributed by atoms with Crippen molar-refractivity contribution < 1.29 is 0 Å². The van der Waals surface area contributed by atoms with Crippen molar-refractivity contribution in [3.05, 3.63) is 224 Å². The highest BCUT2D eigenvalue weighted by Crippen LogP contribution is 2.43. The molecule has 6 aromatic heterocycles. The molecule has 1 atom stereocenters. The molecular formula is C61H51N5S. The Morgan fingerprint density at radius 1 is 0.537 bits per heavy atom. The van der Waals surface area contributed by atoms with E-state index in [1.165, 1.54) is 70.7 Å². The van der Waals surface area contributed by atoms with Gasteiger partial charge in [0.05, 0.1) is 22.4 Å². The second kappa shape index (κ2) is 19.4. The Labute approximate surface area is 396 Å². The number of hydrogen-bond acceptors (Lipinski definition) is 5. The van der Waals surface area contributed by atoms with Crippen LogP contribution in [0.3, 0.4) is 0 Å². The minimum Gasteiger partial charge on any atom is -0.309 e. The minimum absolute atomic E-state index is 0.359. The van der Waals surface area contributed by atoms with Crippen LogP contribution in [-0.2, 0) is 0 Å². The zero-order valence-corrected chi connectivity index (χ0v) is 39.1. The molecule has 0 fully saturated rings. The molecule has 5 aromatic carbocycles. The second-order valence-corrected chi connectivity index (χ2v) is 18.1. The van der Waals surface area contributed by atoms with Crippen molar-refractivity contribution in [2.75, 3.05) is 0 Å². The summed E-state index contributed by atoms with van der Waals surface area (Å²) < 4.78 is 5.01. The van der Waals surface area contributed by atoms with E-state index in [1.54, 1.807) is 6.20 Å². The zero-order valence-electron chi connectivity index (χ0n) is 38.3. The van der Waals surface area contributed by atoms with E-state index in [0.29, 0.717) is 5.92 Å². The van der Waals surface area contributed by atoms with Crippen molar-refractivity contribution in [2.24, 2.45) is 5.92 Å². The molecule has 0 aliphatic heterocycles. The van der Waals surface area contributed by atoms with Crippen LogP contribution in [0.25, 0.3) is 92.3 Å². The van der Waals surface area contributed by atoms with Gasteiger partial charge in [-0.1, -0.05) is 106 Å². The van der Waals surface area contributed by atoms with Gasteiger partial charge >= 0.3 is 0 Å². The molecule has 0 bridgehead atoms. The standard InChI is InChI=1S/C52H36N4S.C6H7N.C3H8/c1-33-10-8-14-40(52(33)47-16-5-7-27-55-47)36-18-22-49-43(30-36)42-29-35(39-12-2-3-13-41(39)46-15-4-6-26-54-46)17-21-48(42)56(49)38-20-24-51-45(31-38)44-28-34(19-23-50(44)57-51)37-11-9-25-53-32-37;1-6-4-2-3-5-7-6;1-3-2/h2-9,11-33H,10H2,1H3;2-5H,1H3;3H2,1-2H3. The lowest BCUT2D eigenvalue weighted by Crippen LogP contribution is -2.06. The third kappa shape index (κ3) is 8.72. The third-order valence-electron chi connectivity index (χ3n) is 12.3. The molecule has 0 amide bonds. The normalized spacial score (nSPS) is 13.4. The molecule has 0 radical (unpaired) electrons. The molecule has 1 unspecified atom stereocenters. The van der Waals surface area contributed by atoms with E-state index >= 15 is 0 Å². The molecular weight excluding hydrogens is 835 g/mol.